The van der Waals surface area contributed by atoms with Crippen molar-refractivity contribution in [2.75, 3.05) is 26.7 Å². The van der Waals surface area contributed by atoms with Crippen LogP contribution in [-0.4, -0.2) is 41.4 Å². The summed E-state index contributed by atoms with van der Waals surface area (Å²) >= 11 is 0. The minimum Gasteiger partial charge on any atom is -0.320 e. The fourth-order valence-electron chi connectivity index (χ4n) is 2.84. The van der Waals surface area contributed by atoms with Gasteiger partial charge in [-0.25, -0.2) is 0 Å². The Morgan fingerprint density at radius 1 is 1.44 bits per heavy atom. The zero-order valence-corrected chi connectivity index (χ0v) is 11.9. The van der Waals surface area contributed by atoms with Gasteiger partial charge in [0.1, 0.15) is 0 Å². The third kappa shape index (κ3) is 3.33. The monoisotopic (exact) mass is 250 g/mol. The van der Waals surface area contributed by atoms with Gasteiger partial charge in [-0.05, 0) is 58.8 Å². The SMILES string of the molecule is CNCCC1CCN(C(C)c2cnn(C)c2)CC1. The molecule has 0 aromatic carbocycles. The number of likely N-dealkylation sites (tertiary alicyclic amines) is 1. The van der Waals surface area contributed by atoms with E-state index in [4.69, 9.17) is 0 Å². The van der Waals surface area contributed by atoms with Crippen molar-refractivity contribution in [1.82, 2.24) is 20.0 Å². The third-order valence-corrected chi connectivity index (χ3v) is 4.21. The molecule has 102 valence electrons. The molecular weight excluding hydrogens is 224 g/mol. The summed E-state index contributed by atoms with van der Waals surface area (Å²) < 4.78 is 1.89. The molecule has 4 heteroatoms. The number of aromatic nitrogens is 2. The summed E-state index contributed by atoms with van der Waals surface area (Å²) in [6.45, 7) is 5.91. The Morgan fingerprint density at radius 2 is 2.17 bits per heavy atom. The lowest BCUT2D eigenvalue weighted by atomic mass is 9.92. The van der Waals surface area contributed by atoms with E-state index in [0.29, 0.717) is 6.04 Å². The highest BCUT2D eigenvalue weighted by Gasteiger charge is 2.23. The predicted octanol–water partition coefficient (Wildman–Crippen LogP) is 1.80. The first-order chi connectivity index (χ1) is 8.70. The van der Waals surface area contributed by atoms with Gasteiger partial charge in [0.2, 0.25) is 0 Å². The summed E-state index contributed by atoms with van der Waals surface area (Å²) in [6.07, 6.45) is 8.14. The van der Waals surface area contributed by atoms with Crippen molar-refractivity contribution in [2.24, 2.45) is 13.0 Å². The third-order valence-electron chi connectivity index (χ3n) is 4.21. The fraction of sp³-hybridized carbons (Fsp3) is 0.786. The number of piperidine rings is 1. The Morgan fingerprint density at radius 3 is 2.72 bits per heavy atom. The molecule has 2 heterocycles. The second-order valence-electron chi connectivity index (χ2n) is 5.49. The van der Waals surface area contributed by atoms with Crippen LogP contribution in [0.5, 0.6) is 0 Å². The van der Waals surface area contributed by atoms with Gasteiger partial charge < -0.3 is 5.32 Å². The average molecular weight is 250 g/mol. The second kappa shape index (κ2) is 6.34. The molecule has 0 bridgehead atoms. The summed E-state index contributed by atoms with van der Waals surface area (Å²) in [5, 5.41) is 7.52. The molecule has 1 aromatic heterocycles. The van der Waals surface area contributed by atoms with E-state index in [0.717, 1.165) is 12.5 Å². The number of rotatable bonds is 5. The van der Waals surface area contributed by atoms with Gasteiger partial charge >= 0.3 is 0 Å². The molecular formula is C14H26N4. The number of nitrogens with one attached hydrogen (secondary N) is 1. The number of nitrogens with zero attached hydrogens (tertiary/aromatic N) is 3. The highest BCUT2D eigenvalue weighted by Crippen LogP contribution is 2.27. The molecule has 2 rings (SSSR count). The van der Waals surface area contributed by atoms with E-state index in [9.17, 15) is 0 Å². The first-order valence-electron chi connectivity index (χ1n) is 7.08. The summed E-state index contributed by atoms with van der Waals surface area (Å²) in [5.74, 6) is 0.912. The van der Waals surface area contributed by atoms with Crippen molar-refractivity contribution < 1.29 is 0 Å². The van der Waals surface area contributed by atoms with E-state index in [1.165, 1.54) is 37.9 Å². The minimum absolute atomic E-state index is 0.504. The van der Waals surface area contributed by atoms with Crippen molar-refractivity contribution in [1.29, 1.82) is 0 Å². The molecule has 0 amide bonds. The molecule has 1 atom stereocenters. The van der Waals surface area contributed by atoms with Crippen LogP contribution in [0.4, 0.5) is 0 Å². The van der Waals surface area contributed by atoms with Crippen LogP contribution in [0.1, 0.15) is 37.8 Å². The molecule has 0 saturated carbocycles. The first-order valence-corrected chi connectivity index (χ1v) is 7.08. The van der Waals surface area contributed by atoms with Gasteiger partial charge in [-0.3, -0.25) is 9.58 Å². The summed E-state index contributed by atoms with van der Waals surface area (Å²) in [5.41, 5.74) is 1.34. The topological polar surface area (TPSA) is 33.1 Å². The van der Waals surface area contributed by atoms with Gasteiger partial charge in [0.05, 0.1) is 6.20 Å². The predicted molar refractivity (Wildman–Crippen MR) is 74.5 cm³/mol. The van der Waals surface area contributed by atoms with Gasteiger partial charge in [0, 0.05) is 24.8 Å². The molecule has 0 aliphatic carbocycles. The normalized spacial score (nSPS) is 20.2. The maximum absolute atomic E-state index is 4.27. The van der Waals surface area contributed by atoms with Crippen molar-refractivity contribution >= 4 is 0 Å². The fourth-order valence-corrected chi connectivity index (χ4v) is 2.84. The zero-order valence-electron chi connectivity index (χ0n) is 11.9. The Bertz CT molecular complexity index is 352. The summed E-state index contributed by atoms with van der Waals surface area (Å²) in [7, 11) is 4.03. The van der Waals surface area contributed by atoms with Crippen molar-refractivity contribution in [2.45, 2.75) is 32.2 Å². The lowest BCUT2D eigenvalue weighted by molar-refractivity contribution is 0.137. The molecule has 4 nitrogen and oxygen atoms in total. The molecule has 1 aliphatic heterocycles. The van der Waals surface area contributed by atoms with Gasteiger partial charge in [0.25, 0.3) is 0 Å². The van der Waals surface area contributed by atoms with Crippen LogP contribution in [0.2, 0.25) is 0 Å². The Kier molecular flexibility index (Phi) is 4.78. The van der Waals surface area contributed by atoms with Crippen molar-refractivity contribution in [3.63, 3.8) is 0 Å². The lowest BCUT2D eigenvalue weighted by Crippen LogP contribution is -2.36. The summed E-state index contributed by atoms with van der Waals surface area (Å²) in [4.78, 5) is 2.59. The Labute approximate surface area is 110 Å². The van der Waals surface area contributed by atoms with Crippen LogP contribution >= 0.6 is 0 Å². The van der Waals surface area contributed by atoms with E-state index in [1.54, 1.807) is 0 Å². The Balaban J connectivity index is 1.82. The van der Waals surface area contributed by atoms with Crippen molar-refractivity contribution in [3.05, 3.63) is 18.0 Å². The second-order valence-corrected chi connectivity index (χ2v) is 5.49. The van der Waals surface area contributed by atoms with Gasteiger partial charge in [0.15, 0.2) is 0 Å². The molecule has 1 aromatic rings. The molecule has 1 aliphatic rings. The maximum atomic E-state index is 4.27. The molecule has 1 saturated heterocycles. The van der Waals surface area contributed by atoms with Crippen LogP contribution in [-0.2, 0) is 7.05 Å². The highest BCUT2D eigenvalue weighted by molar-refractivity contribution is 5.09. The van der Waals surface area contributed by atoms with E-state index < -0.39 is 0 Å². The lowest BCUT2D eigenvalue weighted by Gasteiger charge is -2.35. The van der Waals surface area contributed by atoms with E-state index in [-0.39, 0.29) is 0 Å². The molecule has 1 fully saturated rings. The van der Waals surface area contributed by atoms with Crippen LogP contribution in [0.25, 0.3) is 0 Å². The average Bonchev–Trinajstić information content (AvgIpc) is 2.83. The molecule has 0 spiro atoms. The first kappa shape index (κ1) is 13.6. The van der Waals surface area contributed by atoms with E-state index in [1.807, 2.05) is 25.0 Å². The van der Waals surface area contributed by atoms with E-state index >= 15 is 0 Å². The standard InChI is InChI=1S/C14H26N4/c1-12(14-10-16-17(3)11-14)18-8-5-13(6-9-18)4-7-15-2/h10-13,15H,4-9H2,1-3H3. The largest absolute Gasteiger partial charge is 0.320 e. The van der Waals surface area contributed by atoms with Gasteiger partial charge in [-0.2, -0.15) is 5.10 Å². The summed E-state index contributed by atoms with van der Waals surface area (Å²) in [6, 6.07) is 0.504. The number of hydrogen-bond acceptors (Lipinski definition) is 3. The molecule has 18 heavy (non-hydrogen) atoms. The van der Waals surface area contributed by atoms with Crippen LogP contribution in [0.3, 0.4) is 0 Å². The highest BCUT2D eigenvalue weighted by atomic mass is 15.2. The molecule has 0 radical (unpaired) electrons. The van der Waals surface area contributed by atoms with Crippen LogP contribution < -0.4 is 5.32 Å². The van der Waals surface area contributed by atoms with E-state index in [2.05, 4.69) is 28.4 Å². The minimum atomic E-state index is 0.504. The van der Waals surface area contributed by atoms with Gasteiger partial charge in [-0.1, -0.05) is 0 Å². The smallest absolute Gasteiger partial charge is 0.0537 e. The quantitative estimate of drug-likeness (QED) is 0.865. The zero-order chi connectivity index (χ0) is 13.0. The van der Waals surface area contributed by atoms with Crippen LogP contribution in [0, 0.1) is 5.92 Å². The van der Waals surface area contributed by atoms with Gasteiger partial charge in [-0.15, -0.1) is 0 Å². The number of aryl methyl sites for hydroxylation is 1. The van der Waals surface area contributed by atoms with Crippen molar-refractivity contribution in [3.8, 4) is 0 Å². The molecule has 1 unspecified atom stereocenters. The number of hydrogen-bond donors (Lipinski definition) is 1. The van der Waals surface area contributed by atoms with Crippen LogP contribution in [0.15, 0.2) is 12.4 Å². The maximum Gasteiger partial charge on any atom is 0.0537 e. The Hall–Kier alpha value is -0.870. The molecule has 1 N–H and O–H groups in total.